The Hall–Kier alpha value is -1.36. The second-order valence-electron chi connectivity index (χ2n) is 5.62. The van der Waals surface area contributed by atoms with Crippen LogP contribution in [-0.2, 0) is 5.41 Å². The molecule has 19 heavy (non-hydrogen) atoms. The summed E-state index contributed by atoms with van der Waals surface area (Å²) in [4.78, 5) is 12.3. The summed E-state index contributed by atoms with van der Waals surface area (Å²) in [5.74, 6) is -0.309. The van der Waals surface area contributed by atoms with Crippen LogP contribution in [0.2, 0.25) is 0 Å². The molecule has 3 nitrogen and oxygen atoms in total. The van der Waals surface area contributed by atoms with Gasteiger partial charge < -0.3 is 0 Å². The van der Waals surface area contributed by atoms with Crippen molar-refractivity contribution in [1.82, 2.24) is 9.78 Å². The average Bonchev–Trinajstić information content (AvgIpc) is 2.56. The van der Waals surface area contributed by atoms with E-state index >= 15 is 0 Å². The first kappa shape index (κ1) is 14.1. The largest absolute Gasteiger partial charge is 0.293 e. The molecule has 0 fully saturated rings. The van der Waals surface area contributed by atoms with Crippen LogP contribution in [0.3, 0.4) is 0 Å². The van der Waals surface area contributed by atoms with Crippen LogP contribution >= 0.6 is 15.9 Å². The van der Waals surface area contributed by atoms with Gasteiger partial charge in [-0.1, -0.05) is 20.8 Å². The van der Waals surface area contributed by atoms with Crippen molar-refractivity contribution in [3.8, 4) is 5.69 Å². The Labute approximate surface area is 119 Å². The second-order valence-corrected chi connectivity index (χ2v) is 6.42. The van der Waals surface area contributed by atoms with Gasteiger partial charge in [0.05, 0.1) is 11.4 Å². The lowest BCUT2D eigenvalue weighted by molar-refractivity contribution is 0.557. The van der Waals surface area contributed by atoms with Crippen molar-refractivity contribution in [3.63, 3.8) is 0 Å². The molecule has 2 rings (SSSR count). The van der Waals surface area contributed by atoms with Crippen LogP contribution in [0.15, 0.2) is 27.5 Å². The molecule has 5 heteroatoms. The van der Waals surface area contributed by atoms with Gasteiger partial charge in [0, 0.05) is 5.41 Å². The normalized spacial score (nSPS) is 11.9. The Morgan fingerprint density at radius 1 is 1.32 bits per heavy atom. The van der Waals surface area contributed by atoms with Gasteiger partial charge in [-0.3, -0.25) is 9.89 Å². The van der Waals surface area contributed by atoms with Gasteiger partial charge in [0.25, 0.3) is 5.56 Å². The first-order valence-electron chi connectivity index (χ1n) is 5.99. The lowest BCUT2D eigenvalue weighted by Gasteiger charge is -2.16. The van der Waals surface area contributed by atoms with E-state index in [0.717, 1.165) is 5.69 Å². The summed E-state index contributed by atoms with van der Waals surface area (Å²) in [6.45, 7) is 7.83. The number of aromatic amines is 1. The number of benzene rings is 1. The minimum Gasteiger partial charge on any atom is -0.293 e. The van der Waals surface area contributed by atoms with Crippen LogP contribution in [0.4, 0.5) is 4.39 Å². The van der Waals surface area contributed by atoms with E-state index < -0.39 is 0 Å². The monoisotopic (exact) mass is 326 g/mol. The topological polar surface area (TPSA) is 37.8 Å². The minimum absolute atomic E-state index is 0.167. The van der Waals surface area contributed by atoms with Crippen LogP contribution in [-0.4, -0.2) is 9.78 Å². The summed E-state index contributed by atoms with van der Waals surface area (Å²) < 4.78 is 15.1. The van der Waals surface area contributed by atoms with E-state index in [0.29, 0.717) is 15.7 Å². The number of aromatic nitrogens is 2. The fourth-order valence-electron chi connectivity index (χ4n) is 1.95. The summed E-state index contributed by atoms with van der Waals surface area (Å²) >= 11 is 3.33. The van der Waals surface area contributed by atoms with Crippen LogP contribution < -0.4 is 5.56 Å². The number of hydrogen-bond donors (Lipinski definition) is 1. The zero-order chi connectivity index (χ0) is 14.4. The second kappa shape index (κ2) is 4.63. The quantitative estimate of drug-likeness (QED) is 0.853. The van der Waals surface area contributed by atoms with Crippen molar-refractivity contribution in [2.45, 2.75) is 33.1 Å². The molecule has 2 aromatic rings. The maximum Gasteiger partial charge on any atom is 0.285 e. The molecule has 0 atom stereocenters. The lowest BCUT2D eigenvalue weighted by Crippen LogP contribution is -2.15. The van der Waals surface area contributed by atoms with Crippen molar-refractivity contribution < 1.29 is 4.39 Å². The summed E-state index contributed by atoms with van der Waals surface area (Å²) in [5, 5.41) is 3.10. The number of nitrogens with zero attached hydrogens (tertiary/aromatic N) is 1. The number of hydrogen-bond acceptors (Lipinski definition) is 1. The molecule has 0 aliphatic carbocycles. The molecular weight excluding hydrogens is 311 g/mol. The fourth-order valence-corrected chi connectivity index (χ4v) is 2.81. The predicted molar refractivity (Wildman–Crippen MR) is 77.5 cm³/mol. The Morgan fingerprint density at radius 3 is 2.42 bits per heavy atom. The first-order chi connectivity index (χ1) is 8.71. The van der Waals surface area contributed by atoms with Gasteiger partial charge in [0.2, 0.25) is 0 Å². The lowest BCUT2D eigenvalue weighted by atomic mass is 9.93. The van der Waals surface area contributed by atoms with Crippen molar-refractivity contribution in [2.75, 3.05) is 0 Å². The molecule has 0 bridgehead atoms. The molecule has 0 radical (unpaired) electrons. The van der Waals surface area contributed by atoms with Gasteiger partial charge >= 0.3 is 0 Å². The summed E-state index contributed by atoms with van der Waals surface area (Å²) in [6.07, 6.45) is 0. The van der Waals surface area contributed by atoms with Crippen molar-refractivity contribution in [1.29, 1.82) is 0 Å². The third-order valence-corrected chi connectivity index (χ3v) is 3.72. The summed E-state index contributed by atoms with van der Waals surface area (Å²) in [6, 6.07) is 4.36. The summed E-state index contributed by atoms with van der Waals surface area (Å²) in [5.41, 5.74) is 1.83. The predicted octanol–water partition coefficient (Wildman–Crippen LogP) is 3.67. The molecule has 1 aromatic carbocycles. The van der Waals surface area contributed by atoms with E-state index in [9.17, 15) is 9.18 Å². The van der Waals surface area contributed by atoms with Gasteiger partial charge in [-0.25, -0.2) is 9.07 Å². The zero-order valence-electron chi connectivity index (χ0n) is 11.3. The maximum absolute atomic E-state index is 13.1. The third kappa shape index (κ3) is 2.52. The molecular formula is C14H16BrFN2O. The van der Waals surface area contributed by atoms with E-state index in [1.54, 1.807) is 13.0 Å². The van der Waals surface area contributed by atoms with Gasteiger partial charge in [-0.2, -0.15) is 0 Å². The van der Waals surface area contributed by atoms with E-state index in [1.165, 1.54) is 16.8 Å². The van der Waals surface area contributed by atoms with E-state index in [-0.39, 0.29) is 16.8 Å². The number of rotatable bonds is 1. The molecule has 0 saturated carbocycles. The van der Waals surface area contributed by atoms with Crippen molar-refractivity contribution in [3.05, 3.63) is 50.1 Å². The number of H-pyrrole nitrogens is 1. The molecule has 102 valence electrons. The molecule has 1 N–H and O–H groups in total. The molecule has 0 unspecified atom stereocenters. The van der Waals surface area contributed by atoms with Crippen LogP contribution in [0.25, 0.3) is 5.69 Å². The Morgan fingerprint density at radius 2 is 1.95 bits per heavy atom. The van der Waals surface area contributed by atoms with Gasteiger partial charge in [-0.15, -0.1) is 0 Å². The SMILES string of the molecule is Cc1cc(F)ccc1-n1[nH]c(C(C)(C)C)c(Br)c1=O. The van der Waals surface area contributed by atoms with Gasteiger partial charge in [0.1, 0.15) is 10.3 Å². The standard InChI is InChI=1S/C14H16BrFN2O/c1-8-7-9(16)5-6-10(8)18-13(19)11(15)12(17-18)14(2,3)4/h5-7,17H,1-4H3. The molecule has 1 aromatic heterocycles. The molecule has 0 spiro atoms. The van der Waals surface area contributed by atoms with Crippen molar-refractivity contribution >= 4 is 15.9 Å². The van der Waals surface area contributed by atoms with Crippen LogP contribution in [0.5, 0.6) is 0 Å². The highest BCUT2D eigenvalue weighted by atomic mass is 79.9. The highest BCUT2D eigenvalue weighted by Crippen LogP contribution is 2.26. The van der Waals surface area contributed by atoms with Crippen LogP contribution in [0, 0.1) is 12.7 Å². The first-order valence-corrected chi connectivity index (χ1v) is 6.78. The Balaban J connectivity index is 2.68. The smallest absolute Gasteiger partial charge is 0.285 e. The number of halogens is 2. The average molecular weight is 327 g/mol. The van der Waals surface area contributed by atoms with Gasteiger partial charge in [-0.05, 0) is 46.6 Å². The zero-order valence-corrected chi connectivity index (χ0v) is 12.9. The van der Waals surface area contributed by atoms with E-state index in [4.69, 9.17) is 0 Å². The highest BCUT2D eigenvalue weighted by molar-refractivity contribution is 9.10. The van der Waals surface area contributed by atoms with E-state index in [2.05, 4.69) is 21.0 Å². The fraction of sp³-hybridized carbons (Fsp3) is 0.357. The molecule has 0 saturated heterocycles. The van der Waals surface area contributed by atoms with Crippen LogP contribution in [0.1, 0.15) is 32.0 Å². The maximum atomic E-state index is 13.1. The van der Waals surface area contributed by atoms with Crippen molar-refractivity contribution in [2.24, 2.45) is 0 Å². The summed E-state index contributed by atoms with van der Waals surface area (Å²) in [7, 11) is 0. The molecule has 0 amide bonds. The molecule has 0 aliphatic rings. The molecule has 1 heterocycles. The number of aryl methyl sites for hydroxylation is 1. The third-order valence-electron chi connectivity index (χ3n) is 2.98. The Bertz CT molecular complexity index is 680. The van der Waals surface area contributed by atoms with Gasteiger partial charge in [0.15, 0.2) is 0 Å². The molecule has 0 aliphatic heterocycles. The minimum atomic E-state index is -0.309. The number of nitrogens with one attached hydrogen (secondary N) is 1. The van der Waals surface area contributed by atoms with E-state index in [1.807, 2.05) is 20.8 Å². The Kier molecular flexibility index (Phi) is 3.43. The highest BCUT2D eigenvalue weighted by Gasteiger charge is 2.23.